The average Bonchev–Trinajstić information content (AvgIpc) is 3.17. The van der Waals surface area contributed by atoms with E-state index < -0.39 is 0 Å². The van der Waals surface area contributed by atoms with Gasteiger partial charge < -0.3 is 4.90 Å². The zero-order chi connectivity index (χ0) is 18.8. The Hall–Kier alpha value is -2.17. The van der Waals surface area contributed by atoms with Gasteiger partial charge in [-0.05, 0) is 38.2 Å². The van der Waals surface area contributed by atoms with Gasteiger partial charge in [-0.15, -0.1) is 0 Å². The molecule has 2 heterocycles. The molecule has 4 rings (SSSR count). The average molecular weight is 367 g/mol. The van der Waals surface area contributed by atoms with Crippen LogP contribution >= 0.6 is 0 Å². The minimum absolute atomic E-state index is 0.00768. The molecule has 1 amide bonds. The van der Waals surface area contributed by atoms with E-state index in [1.807, 2.05) is 30.0 Å². The summed E-state index contributed by atoms with van der Waals surface area (Å²) in [5.41, 5.74) is 0.312. The van der Waals surface area contributed by atoms with Crippen LogP contribution in [-0.4, -0.2) is 33.2 Å². The number of aryl methyl sites for hydroxylation is 1. The van der Waals surface area contributed by atoms with Gasteiger partial charge in [0.25, 0.3) is 11.5 Å². The summed E-state index contributed by atoms with van der Waals surface area (Å²) in [5.74, 6) is 0.748. The molecule has 0 spiro atoms. The number of fused-ring (bicyclic) bond motifs is 1. The third-order valence-electron chi connectivity index (χ3n) is 6.34. The maximum atomic E-state index is 13.4. The molecule has 1 aliphatic heterocycles. The van der Waals surface area contributed by atoms with Crippen LogP contribution in [0.4, 0.5) is 0 Å². The Kier molecular flexibility index (Phi) is 5.28. The van der Waals surface area contributed by atoms with E-state index >= 15 is 0 Å². The number of rotatable bonds is 4. The van der Waals surface area contributed by atoms with Gasteiger partial charge in [0.2, 0.25) is 0 Å². The molecule has 1 saturated carbocycles. The van der Waals surface area contributed by atoms with Crippen LogP contribution < -0.4 is 5.56 Å². The SMILES string of the molecule is CCn1nc(C(=O)N2CCC[C@@H]2CC2CCCCC2)c2ccccc2c1=O. The first kappa shape index (κ1) is 18.2. The van der Waals surface area contributed by atoms with Crippen molar-refractivity contribution in [3.63, 3.8) is 0 Å². The Balaban J connectivity index is 1.65. The second kappa shape index (κ2) is 7.83. The number of benzene rings is 1. The predicted octanol–water partition coefficient (Wildman–Crippen LogP) is 3.99. The maximum absolute atomic E-state index is 13.4. The van der Waals surface area contributed by atoms with Gasteiger partial charge in [0.15, 0.2) is 5.69 Å². The molecule has 1 aliphatic carbocycles. The monoisotopic (exact) mass is 367 g/mol. The zero-order valence-electron chi connectivity index (χ0n) is 16.2. The fraction of sp³-hybridized carbons (Fsp3) is 0.591. The van der Waals surface area contributed by atoms with Crippen LogP contribution in [0, 0.1) is 5.92 Å². The third-order valence-corrected chi connectivity index (χ3v) is 6.34. The third kappa shape index (κ3) is 3.52. The molecule has 1 aromatic heterocycles. The van der Waals surface area contributed by atoms with Crippen molar-refractivity contribution in [3.8, 4) is 0 Å². The van der Waals surface area contributed by atoms with Crippen molar-refractivity contribution in [2.24, 2.45) is 5.92 Å². The van der Waals surface area contributed by atoms with E-state index in [2.05, 4.69) is 5.10 Å². The standard InChI is InChI=1S/C22H29N3O2/c1-2-25-21(26)19-13-7-6-12-18(19)20(23-25)22(27)24-14-8-11-17(24)15-16-9-4-3-5-10-16/h6-7,12-13,16-17H,2-5,8-11,14-15H2,1H3/t17-/m1/s1. The van der Waals surface area contributed by atoms with Crippen molar-refractivity contribution in [2.45, 2.75) is 70.9 Å². The molecule has 0 radical (unpaired) electrons. The number of carbonyl (C=O) groups is 1. The van der Waals surface area contributed by atoms with E-state index in [-0.39, 0.29) is 11.5 Å². The lowest BCUT2D eigenvalue weighted by molar-refractivity contribution is 0.0705. The minimum Gasteiger partial charge on any atom is -0.334 e. The molecule has 1 atom stereocenters. The van der Waals surface area contributed by atoms with Gasteiger partial charge in [0.1, 0.15) is 0 Å². The summed E-state index contributed by atoms with van der Waals surface area (Å²) < 4.78 is 1.42. The Labute approximate surface area is 160 Å². The van der Waals surface area contributed by atoms with Crippen LogP contribution in [0.2, 0.25) is 0 Å². The topological polar surface area (TPSA) is 55.2 Å². The Morgan fingerprint density at radius 1 is 1.07 bits per heavy atom. The van der Waals surface area contributed by atoms with Gasteiger partial charge in [-0.3, -0.25) is 9.59 Å². The molecule has 2 aromatic rings. The number of hydrogen-bond donors (Lipinski definition) is 0. The molecule has 0 bridgehead atoms. The Morgan fingerprint density at radius 2 is 1.81 bits per heavy atom. The fourth-order valence-electron chi connectivity index (χ4n) is 4.90. The molecule has 5 heteroatoms. The van der Waals surface area contributed by atoms with E-state index in [1.54, 1.807) is 6.07 Å². The van der Waals surface area contributed by atoms with Gasteiger partial charge in [-0.2, -0.15) is 5.10 Å². The largest absolute Gasteiger partial charge is 0.334 e. The molecule has 0 N–H and O–H groups in total. The smallest absolute Gasteiger partial charge is 0.275 e. The summed E-state index contributed by atoms with van der Waals surface area (Å²) in [6.07, 6.45) is 9.91. The molecular formula is C22H29N3O2. The van der Waals surface area contributed by atoms with E-state index in [1.165, 1.54) is 36.8 Å². The van der Waals surface area contributed by atoms with Crippen LogP contribution in [0.3, 0.4) is 0 Å². The molecular weight excluding hydrogens is 338 g/mol. The molecule has 1 aromatic carbocycles. The first-order valence-electron chi connectivity index (χ1n) is 10.5. The minimum atomic E-state index is -0.121. The van der Waals surface area contributed by atoms with E-state index in [0.29, 0.717) is 29.1 Å². The summed E-state index contributed by atoms with van der Waals surface area (Å²) >= 11 is 0. The van der Waals surface area contributed by atoms with Crippen molar-refractivity contribution in [1.29, 1.82) is 0 Å². The van der Waals surface area contributed by atoms with Gasteiger partial charge in [0, 0.05) is 24.5 Å². The second-order valence-corrected chi connectivity index (χ2v) is 8.05. The molecule has 2 aliphatic rings. The van der Waals surface area contributed by atoms with Crippen molar-refractivity contribution < 1.29 is 4.79 Å². The number of amides is 1. The zero-order valence-corrected chi connectivity index (χ0v) is 16.2. The molecule has 0 unspecified atom stereocenters. The van der Waals surface area contributed by atoms with Crippen molar-refractivity contribution in [1.82, 2.24) is 14.7 Å². The van der Waals surface area contributed by atoms with Crippen LogP contribution in [0.1, 0.15) is 68.8 Å². The predicted molar refractivity (Wildman–Crippen MR) is 107 cm³/mol. The van der Waals surface area contributed by atoms with E-state index in [4.69, 9.17) is 0 Å². The molecule has 5 nitrogen and oxygen atoms in total. The first-order valence-corrected chi connectivity index (χ1v) is 10.5. The Bertz CT molecular complexity index is 883. The highest BCUT2D eigenvalue weighted by Crippen LogP contribution is 2.33. The lowest BCUT2D eigenvalue weighted by Crippen LogP contribution is -2.38. The first-order chi connectivity index (χ1) is 13.2. The van der Waals surface area contributed by atoms with Crippen LogP contribution in [-0.2, 0) is 6.54 Å². The highest BCUT2D eigenvalue weighted by molar-refractivity contribution is 6.05. The summed E-state index contributed by atoms with van der Waals surface area (Å²) in [5, 5.41) is 5.72. The summed E-state index contributed by atoms with van der Waals surface area (Å²) in [7, 11) is 0. The second-order valence-electron chi connectivity index (χ2n) is 8.05. The van der Waals surface area contributed by atoms with Crippen LogP contribution in [0.25, 0.3) is 10.8 Å². The van der Waals surface area contributed by atoms with Gasteiger partial charge >= 0.3 is 0 Å². The van der Waals surface area contributed by atoms with Crippen molar-refractivity contribution in [2.75, 3.05) is 6.54 Å². The van der Waals surface area contributed by atoms with Crippen LogP contribution in [0.5, 0.6) is 0 Å². The lowest BCUT2D eigenvalue weighted by Gasteiger charge is -2.30. The van der Waals surface area contributed by atoms with E-state index in [9.17, 15) is 9.59 Å². The highest BCUT2D eigenvalue weighted by Gasteiger charge is 2.33. The van der Waals surface area contributed by atoms with Gasteiger partial charge in [0.05, 0.1) is 5.39 Å². The molecule has 144 valence electrons. The fourth-order valence-corrected chi connectivity index (χ4v) is 4.90. The van der Waals surface area contributed by atoms with E-state index in [0.717, 1.165) is 31.7 Å². The van der Waals surface area contributed by atoms with Crippen molar-refractivity contribution in [3.05, 3.63) is 40.3 Å². The maximum Gasteiger partial charge on any atom is 0.275 e. The van der Waals surface area contributed by atoms with Crippen molar-refractivity contribution >= 4 is 16.7 Å². The summed E-state index contributed by atoms with van der Waals surface area (Å²) in [4.78, 5) is 28.0. The number of hydrogen-bond acceptors (Lipinski definition) is 3. The number of nitrogens with zero attached hydrogens (tertiary/aromatic N) is 3. The summed E-state index contributed by atoms with van der Waals surface area (Å²) in [6, 6.07) is 7.69. The molecule has 1 saturated heterocycles. The summed E-state index contributed by atoms with van der Waals surface area (Å²) in [6.45, 7) is 3.16. The molecule has 27 heavy (non-hydrogen) atoms. The van der Waals surface area contributed by atoms with Gasteiger partial charge in [-0.25, -0.2) is 4.68 Å². The van der Waals surface area contributed by atoms with Gasteiger partial charge in [-0.1, -0.05) is 50.3 Å². The van der Waals surface area contributed by atoms with Crippen LogP contribution in [0.15, 0.2) is 29.1 Å². The number of carbonyl (C=O) groups excluding carboxylic acids is 1. The number of aromatic nitrogens is 2. The molecule has 2 fully saturated rings. The number of likely N-dealkylation sites (tertiary alicyclic amines) is 1. The highest BCUT2D eigenvalue weighted by atomic mass is 16.2. The Morgan fingerprint density at radius 3 is 2.56 bits per heavy atom. The quantitative estimate of drug-likeness (QED) is 0.821. The normalized spacial score (nSPS) is 21.1. The lowest BCUT2D eigenvalue weighted by atomic mass is 9.84.